The van der Waals surface area contributed by atoms with Crippen LogP contribution in [0.25, 0.3) is 0 Å². The maximum atomic E-state index is 12.1. The summed E-state index contributed by atoms with van der Waals surface area (Å²) in [5.41, 5.74) is 0. The number of ketones is 1. The van der Waals surface area contributed by atoms with Crippen LogP contribution in [0.3, 0.4) is 0 Å². The summed E-state index contributed by atoms with van der Waals surface area (Å²) in [6.07, 6.45) is -0.496. The molecule has 0 fully saturated rings. The van der Waals surface area contributed by atoms with Gasteiger partial charge in [-0.3, -0.25) is 14.2 Å². The molecule has 1 amide bonds. The maximum Gasteiger partial charge on any atom is 0.338 e. The fourth-order valence-electron chi connectivity index (χ4n) is 1.45. The number of likely N-dealkylation sites (N-methyl/N-ethyl adjacent to an activating group) is 1. The van der Waals surface area contributed by atoms with Gasteiger partial charge in [0.1, 0.15) is 6.16 Å². The molecule has 0 unspecified atom stereocenters. The van der Waals surface area contributed by atoms with Crippen molar-refractivity contribution < 1.29 is 23.2 Å². The molecule has 0 N–H and O–H groups in total. The minimum atomic E-state index is -3.49. The molecule has 0 aromatic heterocycles. The zero-order valence-electron chi connectivity index (χ0n) is 11.5. The highest BCUT2D eigenvalue weighted by atomic mass is 31.2. The normalized spacial score (nSPS) is 11.3. The molecular weight excluding hydrogens is 257 g/mol. The maximum absolute atomic E-state index is 12.1. The molecular formula is C11H22NO5P. The summed E-state index contributed by atoms with van der Waals surface area (Å²) >= 11 is 0. The minimum Gasteiger partial charge on any atom is -0.337 e. The first kappa shape index (κ1) is 17.3. The first-order valence-electron chi connectivity index (χ1n) is 6.14. The van der Waals surface area contributed by atoms with Crippen LogP contribution in [0.1, 0.15) is 27.7 Å². The lowest BCUT2D eigenvalue weighted by Gasteiger charge is -2.20. The predicted octanol–water partition coefficient (Wildman–Crippen LogP) is 1.69. The van der Waals surface area contributed by atoms with Crippen LogP contribution in [0, 0.1) is 0 Å². The summed E-state index contributed by atoms with van der Waals surface area (Å²) < 4.78 is 22.1. The molecule has 18 heavy (non-hydrogen) atoms. The van der Waals surface area contributed by atoms with Gasteiger partial charge in [-0.25, -0.2) is 0 Å². The van der Waals surface area contributed by atoms with Crippen LogP contribution < -0.4 is 0 Å². The average molecular weight is 279 g/mol. The van der Waals surface area contributed by atoms with E-state index in [2.05, 4.69) is 0 Å². The fourth-order valence-corrected chi connectivity index (χ4v) is 2.98. The van der Waals surface area contributed by atoms with E-state index in [1.54, 1.807) is 27.7 Å². The van der Waals surface area contributed by atoms with Crippen molar-refractivity contribution in [3.8, 4) is 0 Å². The molecule has 7 heteroatoms. The third-order valence-corrected chi connectivity index (χ3v) is 4.26. The van der Waals surface area contributed by atoms with Crippen molar-refractivity contribution >= 4 is 19.3 Å². The molecule has 0 atom stereocenters. The Kier molecular flexibility index (Phi) is 8.07. The quantitative estimate of drug-likeness (QED) is 0.474. The third-order valence-electron chi connectivity index (χ3n) is 2.28. The standard InChI is InChI=1S/C11H22NO5P/c1-5-12(6-2)11(14)10(13)9-18(15,16-7-3)17-8-4/h5-9H2,1-4H3. The molecule has 0 bridgehead atoms. The van der Waals surface area contributed by atoms with Gasteiger partial charge in [0.05, 0.1) is 13.2 Å². The molecule has 0 aromatic rings. The smallest absolute Gasteiger partial charge is 0.337 e. The van der Waals surface area contributed by atoms with E-state index in [9.17, 15) is 14.2 Å². The number of hydrogen-bond acceptors (Lipinski definition) is 5. The first-order valence-corrected chi connectivity index (χ1v) is 7.87. The Labute approximate surface area is 108 Å². The second kappa shape index (κ2) is 8.40. The average Bonchev–Trinajstić information content (AvgIpc) is 2.30. The Bertz CT molecular complexity index is 317. The number of Topliss-reactive ketones (excluding diaryl/α,β-unsaturated/α-hetero) is 1. The molecule has 0 aromatic carbocycles. The highest BCUT2D eigenvalue weighted by Crippen LogP contribution is 2.47. The van der Waals surface area contributed by atoms with Gasteiger partial charge in [0.2, 0.25) is 5.78 Å². The number of carbonyl (C=O) groups excluding carboxylic acids is 2. The highest BCUT2D eigenvalue weighted by Gasteiger charge is 2.32. The summed E-state index contributed by atoms with van der Waals surface area (Å²) in [4.78, 5) is 24.9. The van der Waals surface area contributed by atoms with Gasteiger partial charge in [0.15, 0.2) is 0 Å². The lowest BCUT2D eigenvalue weighted by Crippen LogP contribution is -2.37. The topological polar surface area (TPSA) is 72.9 Å². The van der Waals surface area contributed by atoms with E-state index in [0.717, 1.165) is 0 Å². The van der Waals surface area contributed by atoms with Gasteiger partial charge in [-0.15, -0.1) is 0 Å². The number of carbonyl (C=O) groups is 2. The molecule has 106 valence electrons. The SMILES string of the molecule is CCOP(=O)(CC(=O)C(=O)N(CC)CC)OCC. The van der Waals surface area contributed by atoms with Crippen LogP contribution in [-0.4, -0.2) is 49.1 Å². The van der Waals surface area contributed by atoms with Crippen LogP contribution in [0.4, 0.5) is 0 Å². The van der Waals surface area contributed by atoms with Gasteiger partial charge in [-0.2, -0.15) is 0 Å². The van der Waals surface area contributed by atoms with E-state index in [4.69, 9.17) is 9.05 Å². The Morgan fingerprint density at radius 1 is 1.00 bits per heavy atom. The lowest BCUT2D eigenvalue weighted by atomic mass is 10.3. The monoisotopic (exact) mass is 279 g/mol. The van der Waals surface area contributed by atoms with Gasteiger partial charge in [-0.05, 0) is 27.7 Å². The molecule has 0 aliphatic heterocycles. The summed E-state index contributed by atoms with van der Waals surface area (Å²) in [6.45, 7) is 8.08. The number of rotatable bonds is 9. The molecule has 0 aliphatic carbocycles. The Hall–Kier alpha value is -0.710. The van der Waals surface area contributed by atoms with E-state index in [0.29, 0.717) is 13.1 Å². The van der Waals surface area contributed by atoms with Gasteiger partial charge < -0.3 is 13.9 Å². The summed E-state index contributed by atoms with van der Waals surface area (Å²) in [5, 5.41) is 0. The number of hydrogen-bond donors (Lipinski definition) is 0. The Balaban J connectivity index is 4.69. The molecule has 0 saturated heterocycles. The van der Waals surface area contributed by atoms with Crippen LogP contribution in [-0.2, 0) is 23.2 Å². The summed E-state index contributed by atoms with van der Waals surface area (Å²) in [5.74, 6) is -1.37. The van der Waals surface area contributed by atoms with E-state index < -0.39 is 25.4 Å². The molecule has 0 aliphatic rings. The zero-order valence-corrected chi connectivity index (χ0v) is 12.4. The van der Waals surface area contributed by atoms with Crippen molar-refractivity contribution in [1.29, 1.82) is 0 Å². The van der Waals surface area contributed by atoms with Crippen molar-refractivity contribution in [2.75, 3.05) is 32.5 Å². The van der Waals surface area contributed by atoms with Crippen molar-refractivity contribution in [3.05, 3.63) is 0 Å². The van der Waals surface area contributed by atoms with E-state index in [1.165, 1.54) is 4.90 Å². The molecule has 0 heterocycles. The van der Waals surface area contributed by atoms with Crippen LogP contribution in [0.15, 0.2) is 0 Å². The van der Waals surface area contributed by atoms with Crippen LogP contribution in [0.5, 0.6) is 0 Å². The molecule has 0 radical (unpaired) electrons. The third kappa shape index (κ3) is 5.29. The number of amides is 1. The Morgan fingerprint density at radius 2 is 1.44 bits per heavy atom. The molecule has 6 nitrogen and oxygen atoms in total. The van der Waals surface area contributed by atoms with Gasteiger partial charge in [0.25, 0.3) is 5.91 Å². The van der Waals surface area contributed by atoms with Crippen molar-refractivity contribution in [1.82, 2.24) is 4.90 Å². The Morgan fingerprint density at radius 3 is 1.78 bits per heavy atom. The predicted molar refractivity (Wildman–Crippen MR) is 68.7 cm³/mol. The van der Waals surface area contributed by atoms with E-state index in [1.807, 2.05) is 0 Å². The first-order chi connectivity index (χ1) is 8.44. The molecule has 0 saturated carbocycles. The van der Waals surface area contributed by atoms with Crippen molar-refractivity contribution in [3.63, 3.8) is 0 Å². The van der Waals surface area contributed by atoms with Crippen LogP contribution in [0.2, 0.25) is 0 Å². The van der Waals surface area contributed by atoms with Gasteiger partial charge in [0, 0.05) is 13.1 Å². The number of nitrogens with zero attached hydrogens (tertiary/aromatic N) is 1. The van der Waals surface area contributed by atoms with Crippen molar-refractivity contribution in [2.24, 2.45) is 0 Å². The minimum absolute atomic E-state index is 0.171. The largest absolute Gasteiger partial charge is 0.338 e. The highest BCUT2D eigenvalue weighted by molar-refractivity contribution is 7.55. The van der Waals surface area contributed by atoms with Crippen LogP contribution >= 0.6 is 7.60 Å². The summed E-state index contributed by atoms with van der Waals surface area (Å²) in [7, 11) is -3.49. The zero-order chi connectivity index (χ0) is 14.2. The van der Waals surface area contributed by atoms with Gasteiger partial charge in [-0.1, -0.05) is 0 Å². The fraction of sp³-hybridized carbons (Fsp3) is 0.818. The van der Waals surface area contributed by atoms with E-state index >= 15 is 0 Å². The molecule has 0 rings (SSSR count). The summed E-state index contributed by atoms with van der Waals surface area (Å²) in [6, 6.07) is 0. The van der Waals surface area contributed by atoms with Gasteiger partial charge >= 0.3 is 7.60 Å². The van der Waals surface area contributed by atoms with Crippen molar-refractivity contribution in [2.45, 2.75) is 27.7 Å². The second-order valence-corrected chi connectivity index (χ2v) is 5.56. The second-order valence-electron chi connectivity index (χ2n) is 3.51. The lowest BCUT2D eigenvalue weighted by molar-refractivity contribution is -0.143. The van der Waals surface area contributed by atoms with E-state index in [-0.39, 0.29) is 13.2 Å². The molecule has 0 spiro atoms.